The molecule has 0 heterocycles. The highest BCUT2D eigenvalue weighted by atomic mass is 16.2. The number of hydrogen-bond donors (Lipinski definition) is 1. The average Bonchev–Trinajstić information content (AvgIpc) is 3.29. The van der Waals surface area contributed by atoms with Gasteiger partial charge in [-0.3, -0.25) is 0 Å². The molecule has 2 unspecified atom stereocenters. The summed E-state index contributed by atoms with van der Waals surface area (Å²) in [5, 5.41) is 3.24. The molecule has 3 rings (SSSR count). The van der Waals surface area contributed by atoms with E-state index in [1.54, 1.807) is 0 Å². The largest absolute Gasteiger partial charge is 0.335 e. The maximum atomic E-state index is 12.5. The Hall–Kier alpha value is -1.51. The Morgan fingerprint density at radius 3 is 2.57 bits per heavy atom. The van der Waals surface area contributed by atoms with E-state index < -0.39 is 0 Å². The summed E-state index contributed by atoms with van der Waals surface area (Å²) in [6.45, 7) is 2.91. The standard InChI is InChI=1S/C18H26N2O/c1-2-20(15-11-7-4-8-12-15)18(21)19-17-13-16(17)14-9-5-3-6-10-14/h3,5-6,9-10,15-17H,2,4,7-8,11-13H2,1H3,(H,19,21). The van der Waals surface area contributed by atoms with Gasteiger partial charge >= 0.3 is 6.03 Å². The first-order valence-corrected chi connectivity index (χ1v) is 8.41. The van der Waals surface area contributed by atoms with E-state index in [1.165, 1.54) is 37.7 Å². The van der Waals surface area contributed by atoms with E-state index in [1.807, 2.05) is 6.07 Å². The van der Waals surface area contributed by atoms with Crippen LogP contribution in [0.3, 0.4) is 0 Å². The molecule has 21 heavy (non-hydrogen) atoms. The molecule has 2 aliphatic rings. The molecule has 2 atom stereocenters. The van der Waals surface area contributed by atoms with Crippen LogP contribution in [0.1, 0.15) is 56.9 Å². The summed E-state index contributed by atoms with van der Waals surface area (Å²) >= 11 is 0. The molecule has 2 aliphatic carbocycles. The van der Waals surface area contributed by atoms with Crippen molar-refractivity contribution in [3.63, 3.8) is 0 Å². The molecule has 2 fully saturated rings. The Labute approximate surface area is 127 Å². The fourth-order valence-electron chi connectivity index (χ4n) is 3.63. The predicted octanol–water partition coefficient (Wildman–Crippen LogP) is 3.91. The van der Waals surface area contributed by atoms with E-state index in [4.69, 9.17) is 0 Å². The zero-order valence-corrected chi connectivity index (χ0v) is 12.9. The molecule has 0 spiro atoms. The molecule has 2 saturated carbocycles. The quantitative estimate of drug-likeness (QED) is 0.894. The predicted molar refractivity (Wildman–Crippen MR) is 85.4 cm³/mol. The van der Waals surface area contributed by atoms with Crippen molar-refractivity contribution < 1.29 is 4.79 Å². The molecule has 3 heteroatoms. The van der Waals surface area contributed by atoms with Crippen LogP contribution in [0.15, 0.2) is 30.3 Å². The second-order valence-electron chi connectivity index (χ2n) is 6.39. The van der Waals surface area contributed by atoms with Crippen molar-refractivity contribution in [1.82, 2.24) is 10.2 Å². The molecular formula is C18H26N2O. The van der Waals surface area contributed by atoms with E-state index in [0.717, 1.165) is 13.0 Å². The van der Waals surface area contributed by atoms with Gasteiger partial charge in [0.25, 0.3) is 0 Å². The van der Waals surface area contributed by atoms with Crippen LogP contribution < -0.4 is 5.32 Å². The molecule has 2 amide bonds. The third-order valence-electron chi connectivity index (χ3n) is 4.94. The number of amides is 2. The molecule has 1 aromatic carbocycles. The van der Waals surface area contributed by atoms with Gasteiger partial charge in [-0.1, -0.05) is 49.6 Å². The number of urea groups is 1. The van der Waals surface area contributed by atoms with Gasteiger partial charge in [-0.15, -0.1) is 0 Å². The van der Waals surface area contributed by atoms with Crippen molar-refractivity contribution >= 4 is 6.03 Å². The van der Waals surface area contributed by atoms with Gasteiger partial charge in [-0.25, -0.2) is 4.79 Å². The molecule has 0 radical (unpaired) electrons. The molecule has 114 valence electrons. The zero-order chi connectivity index (χ0) is 14.7. The molecule has 0 saturated heterocycles. The maximum Gasteiger partial charge on any atom is 0.317 e. The molecule has 3 nitrogen and oxygen atoms in total. The summed E-state index contributed by atoms with van der Waals surface area (Å²) in [5.74, 6) is 0.514. The molecule has 1 N–H and O–H groups in total. The van der Waals surface area contributed by atoms with Crippen LogP contribution in [0.5, 0.6) is 0 Å². The molecule has 0 aliphatic heterocycles. The van der Waals surface area contributed by atoms with Gasteiger partial charge in [0, 0.05) is 24.5 Å². The SMILES string of the molecule is CCN(C(=O)NC1CC1c1ccccc1)C1CCCCC1. The van der Waals surface area contributed by atoms with Crippen LogP contribution in [-0.2, 0) is 0 Å². The van der Waals surface area contributed by atoms with Crippen molar-refractivity contribution in [3.05, 3.63) is 35.9 Å². The lowest BCUT2D eigenvalue weighted by molar-refractivity contribution is 0.159. The zero-order valence-electron chi connectivity index (χ0n) is 12.9. The van der Waals surface area contributed by atoms with Crippen LogP contribution >= 0.6 is 0 Å². The topological polar surface area (TPSA) is 32.3 Å². The van der Waals surface area contributed by atoms with E-state index in [9.17, 15) is 4.79 Å². The molecule has 0 aromatic heterocycles. The summed E-state index contributed by atoms with van der Waals surface area (Å²) < 4.78 is 0. The summed E-state index contributed by atoms with van der Waals surface area (Å²) in [4.78, 5) is 14.6. The maximum absolute atomic E-state index is 12.5. The van der Waals surface area contributed by atoms with Gasteiger partial charge in [0.05, 0.1) is 0 Å². The first kappa shape index (κ1) is 14.4. The molecular weight excluding hydrogens is 260 g/mol. The van der Waals surface area contributed by atoms with Gasteiger partial charge in [-0.05, 0) is 31.7 Å². The number of benzene rings is 1. The Morgan fingerprint density at radius 2 is 1.90 bits per heavy atom. The Morgan fingerprint density at radius 1 is 1.19 bits per heavy atom. The van der Waals surface area contributed by atoms with Gasteiger partial charge in [-0.2, -0.15) is 0 Å². The fraction of sp³-hybridized carbons (Fsp3) is 0.611. The summed E-state index contributed by atoms with van der Waals surface area (Å²) in [5.41, 5.74) is 1.35. The lowest BCUT2D eigenvalue weighted by atomic mass is 9.94. The van der Waals surface area contributed by atoms with Crippen LogP contribution in [0, 0.1) is 0 Å². The van der Waals surface area contributed by atoms with Gasteiger partial charge < -0.3 is 10.2 Å². The second-order valence-corrected chi connectivity index (χ2v) is 6.39. The number of rotatable bonds is 4. The minimum atomic E-state index is 0.146. The monoisotopic (exact) mass is 286 g/mol. The van der Waals surface area contributed by atoms with Crippen LogP contribution in [0.2, 0.25) is 0 Å². The summed E-state index contributed by atoms with van der Waals surface area (Å²) in [6, 6.07) is 11.5. The highest BCUT2D eigenvalue weighted by Gasteiger charge is 2.40. The number of nitrogens with zero attached hydrogens (tertiary/aromatic N) is 1. The lowest BCUT2D eigenvalue weighted by Gasteiger charge is -2.33. The first-order valence-electron chi connectivity index (χ1n) is 8.41. The van der Waals surface area contributed by atoms with Crippen molar-refractivity contribution in [2.24, 2.45) is 0 Å². The van der Waals surface area contributed by atoms with Crippen LogP contribution in [0.4, 0.5) is 4.79 Å². The number of hydrogen-bond acceptors (Lipinski definition) is 1. The van der Waals surface area contributed by atoms with E-state index in [-0.39, 0.29) is 6.03 Å². The lowest BCUT2D eigenvalue weighted by Crippen LogP contribution is -2.47. The summed E-state index contributed by atoms with van der Waals surface area (Å²) in [7, 11) is 0. The number of carbonyl (C=O) groups excluding carboxylic acids is 1. The van der Waals surface area contributed by atoms with Crippen molar-refractivity contribution in [1.29, 1.82) is 0 Å². The minimum absolute atomic E-state index is 0.146. The minimum Gasteiger partial charge on any atom is -0.335 e. The molecule has 1 aromatic rings. The van der Waals surface area contributed by atoms with Crippen molar-refractivity contribution in [2.45, 2.75) is 63.5 Å². The van der Waals surface area contributed by atoms with Crippen molar-refractivity contribution in [2.75, 3.05) is 6.54 Å². The third kappa shape index (κ3) is 3.39. The highest BCUT2D eigenvalue weighted by Crippen LogP contribution is 2.40. The number of nitrogens with one attached hydrogen (secondary N) is 1. The van der Waals surface area contributed by atoms with E-state index >= 15 is 0 Å². The second kappa shape index (κ2) is 6.50. The average molecular weight is 286 g/mol. The fourth-order valence-corrected chi connectivity index (χ4v) is 3.63. The molecule has 0 bridgehead atoms. The smallest absolute Gasteiger partial charge is 0.317 e. The van der Waals surface area contributed by atoms with Gasteiger partial charge in [0.15, 0.2) is 0 Å². The van der Waals surface area contributed by atoms with E-state index in [0.29, 0.717) is 18.0 Å². The van der Waals surface area contributed by atoms with Gasteiger partial charge in [0.1, 0.15) is 0 Å². The highest BCUT2D eigenvalue weighted by molar-refractivity contribution is 5.75. The van der Waals surface area contributed by atoms with Gasteiger partial charge in [0.2, 0.25) is 0 Å². The first-order chi connectivity index (χ1) is 10.3. The Balaban J connectivity index is 1.54. The van der Waals surface area contributed by atoms with Crippen LogP contribution in [0.25, 0.3) is 0 Å². The summed E-state index contributed by atoms with van der Waals surface area (Å²) in [6.07, 6.45) is 7.30. The van der Waals surface area contributed by atoms with Crippen molar-refractivity contribution in [3.8, 4) is 0 Å². The number of carbonyl (C=O) groups is 1. The van der Waals surface area contributed by atoms with Crippen LogP contribution in [-0.4, -0.2) is 29.6 Å². The van der Waals surface area contributed by atoms with E-state index in [2.05, 4.69) is 41.4 Å². The Bertz CT molecular complexity index is 467. The third-order valence-corrected chi connectivity index (χ3v) is 4.94. The normalized spacial score (nSPS) is 25.4. The Kier molecular flexibility index (Phi) is 4.47.